The van der Waals surface area contributed by atoms with Crippen LogP contribution in [0.1, 0.15) is 0 Å². The van der Waals surface area contributed by atoms with Crippen molar-refractivity contribution in [3.05, 3.63) is 54.5 Å². The molecule has 2 N–H and O–H groups in total. The minimum atomic E-state index is -3.79. The molecular weight excluding hydrogens is 316 g/mol. The molecule has 0 amide bonds. The summed E-state index contributed by atoms with van der Waals surface area (Å²) in [5, 5.41) is 20.0. The van der Waals surface area contributed by atoms with Gasteiger partial charge in [0, 0.05) is 24.3 Å². The van der Waals surface area contributed by atoms with E-state index < -0.39 is 10.0 Å². The van der Waals surface area contributed by atoms with Gasteiger partial charge in [0.2, 0.25) is 5.95 Å². The Kier molecular flexibility index (Phi) is 4.87. The molecule has 23 heavy (non-hydrogen) atoms. The van der Waals surface area contributed by atoms with Crippen molar-refractivity contribution in [1.82, 2.24) is 9.97 Å². The van der Waals surface area contributed by atoms with Gasteiger partial charge in [0.25, 0.3) is 10.0 Å². The number of aromatic nitrogens is 2. The van der Waals surface area contributed by atoms with Gasteiger partial charge in [0.1, 0.15) is 17.7 Å². The Labute approximate surface area is 132 Å². The fourth-order valence-electron chi connectivity index (χ4n) is 1.51. The van der Waals surface area contributed by atoms with E-state index in [0.29, 0.717) is 5.69 Å². The van der Waals surface area contributed by atoms with Crippen molar-refractivity contribution in [3.63, 3.8) is 0 Å². The van der Waals surface area contributed by atoms with Crippen LogP contribution in [-0.4, -0.2) is 18.4 Å². The van der Waals surface area contributed by atoms with Crippen molar-refractivity contribution in [2.24, 2.45) is 0 Å². The molecule has 0 aliphatic carbocycles. The normalized spacial score (nSPS) is 10.0. The van der Waals surface area contributed by atoms with E-state index >= 15 is 0 Å². The van der Waals surface area contributed by atoms with Gasteiger partial charge < -0.3 is 5.32 Å². The number of allylic oxidation sites excluding steroid dienone is 1. The van der Waals surface area contributed by atoms with Crippen molar-refractivity contribution >= 4 is 21.7 Å². The quantitative estimate of drug-likeness (QED) is 0.798. The number of nitrogens with zero attached hydrogens (tertiary/aromatic N) is 4. The third-order valence-electron chi connectivity index (χ3n) is 2.58. The first-order chi connectivity index (χ1) is 11.0. The summed E-state index contributed by atoms with van der Waals surface area (Å²) >= 11 is 0. The number of hydrogen-bond acceptors (Lipinski definition) is 7. The first kappa shape index (κ1) is 15.9. The van der Waals surface area contributed by atoms with Crippen molar-refractivity contribution in [3.8, 4) is 12.1 Å². The zero-order valence-electron chi connectivity index (χ0n) is 11.6. The van der Waals surface area contributed by atoms with Gasteiger partial charge >= 0.3 is 0 Å². The van der Waals surface area contributed by atoms with Gasteiger partial charge in [0.05, 0.1) is 4.90 Å². The summed E-state index contributed by atoms with van der Waals surface area (Å²) < 4.78 is 26.6. The molecule has 0 saturated heterocycles. The third-order valence-corrected chi connectivity index (χ3v) is 3.92. The van der Waals surface area contributed by atoms with Crippen LogP contribution in [0.4, 0.5) is 11.6 Å². The lowest BCUT2D eigenvalue weighted by Gasteiger charge is -2.07. The summed E-state index contributed by atoms with van der Waals surface area (Å²) in [6.07, 6.45) is 4.08. The summed E-state index contributed by atoms with van der Waals surface area (Å²) in [5.74, 6) is -0.0229. The number of hydrogen-bond donors (Lipinski definition) is 2. The maximum atomic E-state index is 12.2. The molecule has 1 aromatic carbocycles. The van der Waals surface area contributed by atoms with E-state index in [1.807, 2.05) is 0 Å². The van der Waals surface area contributed by atoms with E-state index in [0.717, 1.165) is 0 Å². The van der Waals surface area contributed by atoms with E-state index in [-0.39, 0.29) is 16.4 Å². The second-order valence-electron chi connectivity index (χ2n) is 4.13. The van der Waals surface area contributed by atoms with Crippen molar-refractivity contribution in [2.75, 3.05) is 10.0 Å². The summed E-state index contributed by atoms with van der Waals surface area (Å²) in [7, 11) is -3.79. The highest BCUT2D eigenvalue weighted by Crippen LogP contribution is 2.16. The molecule has 0 aliphatic heterocycles. The molecule has 0 aliphatic rings. The topological polar surface area (TPSA) is 132 Å². The number of nitrogens with one attached hydrogen (secondary N) is 2. The number of sulfonamides is 1. The van der Waals surface area contributed by atoms with Gasteiger partial charge in [-0.05, 0) is 30.3 Å². The summed E-state index contributed by atoms with van der Waals surface area (Å²) in [6, 6.07) is 10.7. The maximum Gasteiger partial charge on any atom is 0.264 e. The Bertz CT molecular complexity index is 877. The van der Waals surface area contributed by atoms with Crippen molar-refractivity contribution < 1.29 is 8.42 Å². The van der Waals surface area contributed by atoms with Crippen LogP contribution in [0.15, 0.2) is 59.4 Å². The average molecular weight is 326 g/mol. The van der Waals surface area contributed by atoms with Gasteiger partial charge in [-0.15, -0.1) is 0 Å². The van der Waals surface area contributed by atoms with Gasteiger partial charge in [-0.2, -0.15) is 10.5 Å². The Morgan fingerprint density at radius 2 is 1.70 bits per heavy atom. The predicted molar refractivity (Wildman–Crippen MR) is 82.2 cm³/mol. The molecule has 0 atom stereocenters. The van der Waals surface area contributed by atoms with E-state index in [1.165, 1.54) is 42.9 Å². The van der Waals surface area contributed by atoms with Gasteiger partial charge in [-0.3, -0.25) is 0 Å². The van der Waals surface area contributed by atoms with Crippen LogP contribution in [0.2, 0.25) is 0 Å². The molecule has 1 heterocycles. The average Bonchev–Trinajstić information content (AvgIpc) is 2.57. The second kappa shape index (κ2) is 7.02. The van der Waals surface area contributed by atoms with Crippen molar-refractivity contribution in [2.45, 2.75) is 4.90 Å². The molecule has 0 bridgehead atoms. The van der Waals surface area contributed by atoms with Gasteiger partial charge in [0.15, 0.2) is 0 Å². The monoisotopic (exact) mass is 326 g/mol. The van der Waals surface area contributed by atoms with E-state index in [2.05, 4.69) is 20.0 Å². The van der Waals surface area contributed by atoms with Crippen LogP contribution >= 0.6 is 0 Å². The molecule has 8 nitrogen and oxygen atoms in total. The van der Waals surface area contributed by atoms with Gasteiger partial charge in [-0.1, -0.05) is 0 Å². The molecule has 9 heteroatoms. The Morgan fingerprint density at radius 1 is 1.09 bits per heavy atom. The molecule has 0 fully saturated rings. The zero-order chi connectivity index (χ0) is 16.7. The highest BCUT2D eigenvalue weighted by Gasteiger charge is 2.15. The fourth-order valence-corrected chi connectivity index (χ4v) is 2.46. The largest absolute Gasteiger partial charge is 0.360 e. The Hall–Kier alpha value is -3.43. The van der Waals surface area contributed by atoms with Crippen LogP contribution in [0.25, 0.3) is 0 Å². The first-order valence-electron chi connectivity index (χ1n) is 6.22. The highest BCUT2D eigenvalue weighted by atomic mass is 32.2. The SMILES string of the molecule is N#CC(C#N)=CNc1ccc(S(=O)(=O)Nc2ncccn2)cc1. The fraction of sp³-hybridized carbons (Fsp3) is 0. The summed E-state index contributed by atoms with van der Waals surface area (Å²) in [6.45, 7) is 0. The summed E-state index contributed by atoms with van der Waals surface area (Å²) in [4.78, 5) is 7.61. The van der Waals surface area contributed by atoms with E-state index in [9.17, 15) is 8.42 Å². The third kappa shape index (κ3) is 4.27. The minimum Gasteiger partial charge on any atom is -0.360 e. The van der Waals surface area contributed by atoms with E-state index in [4.69, 9.17) is 10.5 Å². The highest BCUT2D eigenvalue weighted by molar-refractivity contribution is 7.92. The predicted octanol–water partition coefficient (Wildman–Crippen LogP) is 1.62. The lowest BCUT2D eigenvalue weighted by Crippen LogP contribution is -2.14. The number of nitriles is 2. The van der Waals surface area contributed by atoms with Crippen LogP contribution in [-0.2, 0) is 10.0 Å². The molecule has 0 spiro atoms. The van der Waals surface area contributed by atoms with Crippen LogP contribution in [0.5, 0.6) is 0 Å². The number of rotatable bonds is 5. The standard InChI is InChI=1S/C14H10N6O2S/c15-8-11(9-16)10-19-12-2-4-13(5-3-12)23(21,22)20-14-17-6-1-7-18-14/h1-7,10,19H,(H,17,18,20). The molecule has 114 valence electrons. The van der Waals surface area contributed by atoms with Crippen LogP contribution in [0.3, 0.4) is 0 Å². The summed E-state index contributed by atoms with van der Waals surface area (Å²) in [5.41, 5.74) is 0.438. The molecule has 0 unspecified atom stereocenters. The van der Waals surface area contributed by atoms with Crippen LogP contribution in [0, 0.1) is 22.7 Å². The molecule has 0 radical (unpaired) electrons. The zero-order valence-corrected chi connectivity index (χ0v) is 12.4. The maximum absolute atomic E-state index is 12.2. The molecule has 1 aromatic heterocycles. The number of anilines is 2. The van der Waals surface area contributed by atoms with Gasteiger partial charge in [-0.25, -0.2) is 23.1 Å². The Morgan fingerprint density at radius 3 is 2.26 bits per heavy atom. The minimum absolute atomic E-state index is 0.0229. The van der Waals surface area contributed by atoms with E-state index in [1.54, 1.807) is 18.2 Å². The lowest BCUT2D eigenvalue weighted by atomic mass is 10.3. The second-order valence-corrected chi connectivity index (χ2v) is 5.81. The molecule has 0 saturated carbocycles. The smallest absolute Gasteiger partial charge is 0.264 e. The lowest BCUT2D eigenvalue weighted by molar-refractivity contribution is 0.601. The molecule has 2 aromatic rings. The van der Waals surface area contributed by atoms with Crippen molar-refractivity contribution in [1.29, 1.82) is 10.5 Å². The Balaban J connectivity index is 2.15. The molecule has 2 rings (SSSR count). The van der Waals surface area contributed by atoms with Crippen LogP contribution < -0.4 is 10.0 Å². The number of benzene rings is 1. The molecular formula is C14H10N6O2S. The first-order valence-corrected chi connectivity index (χ1v) is 7.70.